The molecule has 0 aliphatic carbocycles. The Balaban J connectivity index is 2.26. The molecule has 2 aromatic rings. The molecule has 2 aromatic heterocycles. The van der Waals surface area contributed by atoms with Crippen LogP contribution in [0.25, 0.3) is 11.4 Å². The molecule has 128 valence electrons. The van der Waals surface area contributed by atoms with Gasteiger partial charge in [0.15, 0.2) is 0 Å². The highest BCUT2D eigenvalue weighted by molar-refractivity contribution is 5.79. The molecule has 0 saturated carbocycles. The van der Waals surface area contributed by atoms with Gasteiger partial charge in [0.2, 0.25) is 5.91 Å². The van der Waals surface area contributed by atoms with Crippen molar-refractivity contribution in [2.45, 2.75) is 34.1 Å². The Morgan fingerprint density at radius 3 is 2.67 bits per heavy atom. The van der Waals surface area contributed by atoms with Crippen molar-refractivity contribution in [3.05, 3.63) is 46.1 Å². The molecule has 1 amide bonds. The minimum Gasteiger partial charge on any atom is -0.342 e. The van der Waals surface area contributed by atoms with E-state index in [9.17, 15) is 9.59 Å². The molecular weight excluding hydrogens is 304 g/mol. The Labute approximate surface area is 142 Å². The predicted molar refractivity (Wildman–Crippen MR) is 93.6 cm³/mol. The Hall–Kier alpha value is -2.50. The number of amides is 1. The number of carbonyl (C=O) groups is 1. The third-order valence-electron chi connectivity index (χ3n) is 3.81. The number of aromatic amines is 1. The van der Waals surface area contributed by atoms with Crippen LogP contribution in [0, 0.1) is 12.8 Å². The molecule has 0 saturated heterocycles. The largest absolute Gasteiger partial charge is 0.342 e. The second-order valence-corrected chi connectivity index (χ2v) is 6.22. The van der Waals surface area contributed by atoms with Gasteiger partial charge in [-0.2, -0.15) is 0 Å². The van der Waals surface area contributed by atoms with Crippen LogP contribution in [0.15, 0.2) is 29.3 Å². The highest BCUT2D eigenvalue weighted by Gasteiger charge is 2.18. The molecule has 24 heavy (non-hydrogen) atoms. The van der Waals surface area contributed by atoms with Gasteiger partial charge in [-0.05, 0) is 31.9 Å². The molecule has 1 N–H and O–H groups in total. The van der Waals surface area contributed by atoms with Gasteiger partial charge in [0.25, 0.3) is 5.56 Å². The average molecular weight is 328 g/mol. The highest BCUT2D eigenvalue weighted by atomic mass is 16.2. The lowest BCUT2D eigenvalue weighted by molar-refractivity contribution is -0.130. The van der Waals surface area contributed by atoms with Gasteiger partial charge in [-0.25, -0.2) is 4.98 Å². The zero-order valence-corrected chi connectivity index (χ0v) is 14.7. The number of hydrogen-bond acceptors (Lipinski definition) is 4. The van der Waals surface area contributed by atoms with Gasteiger partial charge >= 0.3 is 0 Å². The smallest absolute Gasteiger partial charge is 0.255 e. The van der Waals surface area contributed by atoms with E-state index < -0.39 is 0 Å². The van der Waals surface area contributed by atoms with Crippen LogP contribution < -0.4 is 5.56 Å². The van der Waals surface area contributed by atoms with Crippen LogP contribution in [0.3, 0.4) is 0 Å². The number of aryl methyl sites for hydroxylation is 1. The molecule has 2 rings (SSSR count). The highest BCUT2D eigenvalue weighted by Crippen LogP contribution is 2.13. The van der Waals surface area contributed by atoms with E-state index >= 15 is 0 Å². The summed E-state index contributed by atoms with van der Waals surface area (Å²) in [6.45, 7) is 9.16. The fourth-order valence-electron chi connectivity index (χ4n) is 2.57. The number of aromatic nitrogens is 3. The molecule has 0 atom stereocenters. The first-order valence-corrected chi connectivity index (χ1v) is 8.20. The Morgan fingerprint density at radius 1 is 1.38 bits per heavy atom. The van der Waals surface area contributed by atoms with Gasteiger partial charge in [0.1, 0.15) is 5.82 Å². The van der Waals surface area contributed by atoms with Crippen molar-refractivity contribution in [3.63, 3.8) is 0 Å². The molecule has 0 bridgehead atoms. The van der Waals surface area contributed by atoms with Crippen LogP contribution in [0.2, 0.25) is 0 Å². The first-order chi connectivity index (χ1) is 11.4. The van der Waals surface area contributed by atoms with Crippen molar-refractivity contribution in [1.29, 1.82) is 0 Å². The second-order valence-electron chi connectivity index (χ2n) is 6.22. The lowest BCUT2D eigenvalue weighted by Gasteiger charge is -2.23. The monoisotopic (exact) mass is 328 g/mol. The fraction of sp³-hybridized carbons (Fsp3) is 0.444. The zero-order valence-electron chi connectivity index (χ0n) is 14.7. The summed E-state index contributed by atoms with van der Waals surface area (Å²) in [5.74, 6) is 0.811. The molecule has 0 radical (unpaired) electrons. The van der Waals surface area contributed by atoms with Crippen LogP contribution in [0.1, 0.15) is 32.0 Å². The summed E-state index contributed by atoms with van der Waals surface area (Å²) >= 11 is 0. The predicted octanol–water partition coefficient (Wildman–Crippen LogP) is 2.19. The standard InChI is InChI=1S/C18H24N4O2/c1-5-22(11-12(2)3)16(23)9-15-13(4)20-17(21-18(15)24)14-7-6-8-19-10-14/h6-8,10,12H,5,9,11H2,1-4H3,(H,20,21,24). The second kappa shape index (κ2) is 7.86. The van der Waals surface area contributed by atoms with Gasteiger partial charge in [-0.3, -0.25) is 14.6 Å². The number of likely N-dealkylation sites (N-methyl/N-ethyl adjacent to an activating group) is 1. The van der Waals surface area contributed by atoms with Crippen LogP contribution in [0.4, 0.5) is 0 Å². The summed E-state index contributed by atoms with van der Waals surface area (Å²) in [5, 5.41) is 0. The lowest BCUT2D eigenvalue weighted by Crippen LogP contribution is -2.36. The number of carbonyl (C=O) groups excluding carboxylic acids is 1. The van der Waals surface area contributed by atoms with Crippen molar-refractivity contribution < 1.29 is 4.79 Å². The minimum absolute atomic E-state index is 0.0456. The third-order valence-corrected chi connectivity index (χ3v) is 3.81. The summed E-state index contributed by atoms with van der Waals surface area (Å²) in [7, 11) is 0. The van der Waals surface area contributed by atoms with E-state index in [2.05, 4.69) is 28.8 Å². The van der Waals surface area contributed by atoms with Crippen molar-refractivity contribution in [2.75, 3.05) is 13.1 Å². The first-order valence-electron chi connectivity index (χ1n) is 8.20. The van der Waals surface area contributed by atoms with E-state index in [1.165, 1.54) is 0 Å². The van der Waals surface area contributed by atoms with E-state index in [1.54, 1.807) is 30.3 Å². The molecule has 0 unspecified atom stereocenters. The van der Waals surface area contributed by atoms with Gasteiger partial charge in [0.05, 0.1) is 6.42 Å². The van der Waals surface area contributed by atoms with E-state index in [0.717, 1.165) is 5.56 Å². The fourth-order valence-corrected chi connectivity index (χ4v) is 2.57. The SMILES string of the molecule is CCN(CC(C)C)C(=O)Cc1c(C)nc(-c2cccnc2)[nH]c1=O. The molecule has 0 fully saturated rings. The summed E-state index contributed by atoms with van der Waals surface area (Å²) in [5.41, 5.74) is 1.47. The maximum atomic E-state index is 12.5. The summed E-state index contributed by atoms with van der Waals surface area (Å²) in [4.78, 5) is 37.9. The molecule has 0 aliphatic rings. The Morgan fingerprint density at radius 2 is 2.12 bits per heavy atom. The Kier molecular flexibility index (Phi) is 5.84. The molecule has 6 nitrogen and oxygen atoms in total. The summed E-state index contributed by atoms with van der Waals surface area (Å²) < 4.78 is 0. The van der Waals surface area contributed by atoms with Gasteiger partial charge < -0.3 is 9.88 Å². The normalized spacial score (nSPS) is 10.9. The minimum atomic E-state index is -0.268. The van der Waals surface area contributed by atoms with Gasteiger partial charge in [-0.15, -0.1) is 0 Å². The zero-order chi connectivity index (χ0) is 17.7. The number of nitrogens with one attached hydrogen (secondary N) is 1. The molecular formula is C18H24N4O2. The van der Waals surface area contributed by atoms with Crippen LogP contribution in [-0.2, 0) is 11.2 Å². The average Bonchev–Trinajstić information content (AvgIpc) is 2.56. The van der Waals surface area contributed by atoms with Crippen molar-refractivity contribution in [1.82, 2.24) is 19.9 Å². The number of pyridine rings is 1. The molecule has 6 heteroatoms. The van der Waals surface area contributed by atoms with Crippen LogP contribution in [0.5, 0.6) is 0 Å². The third kappa shape index (κ3) is 4.28. The van der Waals surface area contributed by atoms with Crippen molar-refractivity contribution in [3.8, 4) is 11.4 Å². The summed E-state index contributed by atoms with van der Waals surface area (Å²) in [6, 6.07) is 3.62. The molecule has 0 spiro atoms. The van der Waals surface area contributed by atoms with E-state index in [4.69, 9.17) is 0 Å². The van der Waals surface area contributed by atoms with Crippen molar-refractivity contribution in [2.24, 2.45) is 5.92 Å². The Bertz CT molecular complexity index is 753. The number of rotatable bonds is 6. The number of nitrogens with zero attached hydrogens (tertiary/aromatic N) is 3. The van der Waals surface area contributed by atoms with E-state index in [-0.39, 0.29) is 17.9 Å². The lowest BCUT2D eigenvalue weighted by atomic mass is 10.1. The molecule has 0 aliphatic heterocycles. The van der Waals surface area contributed by atoms with Crippen LogP contribution >= 0.6 is 0 Å². The van der Waals surface area contributed by atoms with Gasteiger partial charge in [-0.1, -0.05) is 13.8 Å². The van der Waals surface area contributed by atoms with Crippen molar-refractivity contribution >= 4 is 5.91 Å². The van der Waals surface area contributed by atoms with Crippen LogP contribution in [-0.4, -0.2) is 38.8 Å². The quantitative estimate of drug-likeness (QED) is 0.881. The summed E-state index contributed by atoms with van der Waals surface area (Å²) in [6.07, 6.45) is 3.38. The van der Waals surface area contributed by atoms with E-state index in [1.807, 2.05) is 13.0 Å². The molecule has 2 heterocycles. The maximum Gasteiger partial charge on any atom is 0.255 e. The maximum absolute atomic E-state index is 12.5. The topological polar surface area (TPSA) is 79.0 Å². The van der Waals surface area contributed by atoms with Gasteiger partial charge in [0, 0.05) is 42.3 Å². The number of hydrogen-bond donors (Lipinski definition) is 1. The molecule has 0 aromatic carbocycles. The first kappa shape index (κ1) is 17.8. The van der Waals surface area contributed by atoms with E-state index in [0.29, 0.717) is 36.1 Å². The number of H-pyrrole nitrogens is 1.